The van der Waals surface area contributed by atoms with E-state index in [9.17, 15) is 19.5 Å². The molecule has 35 heavy (non-hydrogen) atoms. The monoisotopic (exact) mass is 488 g/mol. The Labute approximate surface area is 206 Å². The third-order valence-electron chi connectivity index (χ3n) is 5.84. The SMILES string of the molecule is COC(=O)C1=C(Nc2ccc(CNC3CCCN(C(=O)OC(C)(C)C)C3)cc2)C(=O)N(CCO)C1. The quantitative estimate of drug-likeness (QED) is 0.474. The van der Waals surface area contributed by atoms with Crippen molar-refractivity contribution in [3.8, 4) is 0 Å². The van der Waals surface area contributed by atoms with E-state index in [1.54, 1.807) is 4.90 Å². The van der Waals surface area contributed by atoms with E-state index >= 15 is 0 Å². The van der Waals surface area contributed by atoms with Gasteiger partial charge >= 0.3 is 12.1 Å². The highest BCUT2D eigenvalue weighted by Gasteiger charge is 2.34. The molecule has 0 spiro atoms. The van der Waals surface area contributed by atoms with Crippen molar-refractivity contribution in [2.24, 2.45) is 0 Å². The first-order chi connectivity index (χ1) is 16.6. The highest BCUT2D eigenvalue weighted by molar-refractivity contribution is 6.08. The summed E-state index contributed by atoms with van der Waals surface area (Å²) >= 11 is 0. The predicted octanol–water partition coefficient (Wildman–Crippen LogP) is 1.85. The number of β-amino-alcohol motifs (C(OH)–C–C–N with tert-alkyl or cyclic N) is 1. The topological polar surface area (TPSA) is 120 Å². The van der Waals surface area contributed by atoms with Crippen molar-refractivity contribution in [2.75, 3.05) is 45.2 Å². The van der Waals surface area contributed by atoms with Gasteiger partial charge in [-0.2, -0.15) is 0 Å². The Balaban J connectivity index is 1.57. The number of hydrogen-bond donors (Lipinski definition) is 3. The molecule has 2 aliphatic rings. The molecule has 0 radical (unpaired) electrons. The number of rotatable bonds is 8. The van der Waals surface area contributed by atoms with Gasteiger partial charge in [-0.05, 0) is 51.3 Å². The lowest BCUT2D eigenvalue weighted by molar-refractivity contribution is -0.136. The number of anilines is 1. The molecule has 2 aliphatic heterocycles. The van der Waals surface area contributed by atoms with Crippen LogP contribution < -0.4 is 10.6 Å². The minimum Gasteiger partial charge on any atom is -0.466 e. The van der Waals surface area contributed by atoms with Crippen molar-refractivity contribution in [3.05, 3.63) is 41.1 Å². The second kappa shape index (κ2) is 11.5. The lowest BCUT2D eigenvalue weighted by Crippen LogP contribution is -2.49. The maximum absolute atomic E-state index is 12.7. The highest BCUT2D eigenvalue weighted by atomic mass is 16.6. The summed E-state index contributed by atoms with van der Waals surface area (Å²) in [6.45, 7) is 7.57. The van der Waals surface area contributed by atoms with E-state index < -0.39 is 11.6 Å². The van der Waals surface area contributed by atoms with Crippen LogP contribution in [0.1, 0.15) is 39.2 Å². The number of likely N-dealkylation sites (tertiary alicyclic amines) is 1. The minimum absolute atomic E-state index is 0.0953. The molecule has 2 heterocycles. The van der Waals surface area contributed by atoms with Gasteiger partial charge < -0.3 is 35.0 Å². The summed E-state index contributed by atoms with van der Waals surface area (Å²) in [6.07, 6.45) is 1.62. The first kappa shape index (κ1) is 26.5. The number of carbonyl (C=O) groups is 3. The molecule has 0 bridgehead atoms. The van der Waals surface area contributed by atoms with Crippen molar-refractivity contribution in [1.29, 1.82) is 0 Å². The van der Waals surface area contributed by atoms with Gasteiger partial charge in [-0.15, -0.1) is 0 Å². The molecule has 0 saturated carbocycles. The molecule has 2 amide bonds. The molecular formula is C25H36N4O6. The van der Waals surface area contributed by atoms with Crippen LogP contribution in [0.15, 0.2) is 35.5 Å². The van der Waals surface area contributed by atoms with E-state index in [0.29, 0.717) is 25.3 Å². The summed E-state index contributed by atoms with van der Waals surface area (Å²) < 4.78 is 10.3. The van der Waals surface area contributed by atoms with Crippen LogP contribution in [-0.4, -0.2) is 84.4 Å². The Morgan fingerprint density at radius 2 is 1.91 bits per heavy atom. The number of esters is 1. The average Bonchev–Trinajstić information content (AvgIpc) is 3.12. The fourth-order valence-electron chi connectivity index (χ4n) is 4.10. The normalized spacial score (nSPS) is 18.7. The van der Waals surface area contributed by atoms with Gasteiger partial charge in [0.25, 0.3) is 5.91 Å². The molecule has 3 N–H and O–H groups in total. The van der Waals surface area contributed by atoms with Gasteiger partial charge in [0, 0.05) is 37.9 Å². The number of amides is 2. The average molecular weight is 489 g/mol. The zero-order valence-electron chi connectivity index (χ0n) is 20.9. The van der Waals surface area contributed by atoms with Crippen molar-refractivity contribution in [1.82, 2.24) is 15.1 Å². The lowest BCUT2D eigenvalue weighted by Gasteiger charge is -2.34. The van der Waals surface area contributed by atoms with Gasteiger partial charge in [-0.3, -0.25) is 4.79 Å². The molecule has 1 saturated heterocycles. The number of benzene rings is 1. The van der Waals surface area contributed by atoms with Crippen LogP contribution in [0, 0.1) is 0 Å². The fourth-order valence-corrected chi connectivity index (χ4v) is 4.10. The van der Waals surface area contributed by atoms with Crippen LogP contribution in [0.3, 0.4) is 0 Å². The standard InChI is InChI=1S/C25H36N4O6/c1-25(2,3)35-24(33)29-11-5-6-19(15-29)26-14-17-7-9-18(10-8-17)27-21-20(23(32)34-4)16-28(12-13-30)22(21)31/h7-10,19,26-27,30H,5-6,11-16H2,1-4H3. The van der Waals surface area contributed by atoms with Crippen molar-refractivity contribution < 1.29 is 29.0 Å². The van der Waals surface area contributed by atoms with E-state index in [2.05, 4.69) is 10.6 Å². The fraction of sp³-hybridized carbons (Fsp3) is 0.560. The van der Waals surface area contributed by atoms with Crippen molar-refractivity contribution in [2.45, 2.75) is 51.8 Å². The summed E-state index contributed by atoms with van der Waals surface area (Å²) in [4.78, 5) is 40.3. The predicted molar refractivity (Wildman–Crippen MR) is 130 cm³/mol. The number of hydrogen-bond acceptors (Lipinski definition) is 8. The second-order valence-corrected chi connectivity index (χ2v) is 9.76. The second-order valence-electron chi connectivity index (χ2n) is 9.76. The van der Waals surface area contributed by atoms with Gasteiger partial charge in [0.15, 0.2) is 0 Å². The van der Waals surface area contributed by atoms with Crippen LogP contribution in [0.2, 0.25) is 0 Å². The van der Waals surface area contributed by atoms with Gasteiger partial charge in [-0.25, -0.2) is 9.59 Å². The molecular weight excluding hydrogens is 452 g/mol. The molecule has 10 nitrogen and oxygen atoms in total. The zero-order valence-corrected chi connectivity index (χ0v) is 20.9. The molecule has 0 aliphatic carbocycles. The third kappa shape index (κ3) is 7.19. The summed E-state index contributed by atoms with van der Waals surface area (Å²) in [5.41, 5.74) is 1.61. The summed E-state index contributed by atoms with van der Waals surface area (Å²) in [5, 5.41) is 15.7. The number of aliphatic hydroxyl groups is 1. The Morgan fingerprint density at radius 3 is 2.54 bits per heavy atom. The summed E-state index contributed by atoms with van der Waals surface area (Å²) in [5.74, 6) is -0.924. The smallest absolute Gasteiger partial charge is 0.410 e. The molecule has 3 rings (SSSR count). The Morgan fingerprint density at radius 1 is 1.20 bits per heavy atom. The third-order valence-corrected chi connectivity index (χ3v) is 5.84. The largest absolute Gasteiger partial charge is 0.466 e. The van der Waals surface area contributed by atoms with E-state index in [1.807, 2.05) is 45.0 Å². The van der Waals surface area contributed by atoms with Crippen molar-refractivity contribution >= 4 is 23.7 Å². The number of nitrogens with one attached hydrogen (secondary N) is 2. The number of methoxy groups -OCH3 is 1. The maximum atomic E-state index is 12.7. The Hall–Kier alpha value is -3.11. The minimum atomic E-state index is -0.574. The van der Waals surface area contributed by atoms with E-state index in [1.165, 1.54) is 12.0 Å². The van der Waals surface area contributed by atoms with E-state index in [4.69, 9.17) is 9.47 Å². The maximum Gasteiger partial charge on any atom is 0.410 e. The molecule has 192 valence electrons. The summed E-state index contributed by atoms with van der Waals surface area (Å²) in [6, 6.07) is 7.74. The molecule has 1 atom stereocenters. The molecule has 0 aromatic heterocycles. The molecule has 1 aromatic rings. The Bertz CT molecular complexity index is 954. The first-order valence-electron chi connectivity index (χ1n) is 11.9. The molecule has 1 aromatic carbocycles. The van der Waals surface area contributed by atoms with E-state index in [-0.39, 0.29) is 49.0 Å². The lowest BCUT2D eigenvalue weighted by atomic mass is 10.1. The molecule has 1 unspecified atom stereocenters. The number of ether oxygens (including phenoxy) is 2. The van der Waals surface area contributed by atoms with Crippen LogP contribution in [-0.2, 0) is 25.6 Å². The van der Waals surface area contributed by atoms with Gasteiger partial charge in [0.05, 0.1) is 25.8 Å². The number of nitrogens with zero attached hydrogens (tertiary/aromatic N) is 2. The summed E-state index contributed by atoms with van der Waals surface area (Å²) in [7, 11) is 1.27. The first-order valence-corrected chi connectivity index (χ1v) is 11.9. The number of aliphatic hydroxyl groups excluding tert-OH is 1. The van der Waals surface area contributed by atoms with Crippen LogP contribution in [0.4, 0.5) is 10.5 Å². The van der Waals surface area contributed by atoms with Gasteiger partial charge in [-0.1, -0.05) is 12.1 Å². The molecule has 10 heteroatoms. The van der Waals surface area contributed by atoms with Gasteiger partial charge in [0.2, 0.25) is 0 Å². The number of carbonyl (C=O) groups excluding carboxylic acids is 3. The van der Waals surface area contributed by atoms with Crippen LogP contribution in [0.5, 0.6) is 0 Å². The molecule has 1 fully saturated rings. The Kier molecular flexibility index (Phi) is 8.74. The van der Waals surface area contributed by atoms with Crippen LogP contribution >= 0.6 is 0 Å². The van der Waals surface area contributed by atoms with E-state index in [0.717, 1.165) is 18.4 Å². The van der Waals surface area contributed by atoms with Crippen molar-refractivity contribution in [3.63, 3.8) is 0 Å². The van der Waals surface area contributed by atoms with Gasteiger partial charge in [0.1, 0.15) is 11.3 Å². The zero-order chi connectivity index (χ0) is 25.6. The highest BCUT2D eigenvalue weighted by Crippen LogP contribution is 2.23. The number of piperidine rings is 1. The van der Waals surface area contributed by atoms with Crippen LogP contribution in [0.25, 0.3) is 0 Å².